The van der Waals surface area contributed by atoms with E-state index in [1.54, 1.807) is 7.05 Å². The van der Waals surface area contributed by atoms with Gasteiger partial charge in [-0.3, -0.25) is 9.89 Å². The summed E-state index contributed by atoms with van der Waals surface area (Å²) in [6, 6.07) is -0.701. The Bertz CT molecular complexity index is 492. The summed E-state index contributed by atoms with van der Waals surface area (Å²) in [5, 5.41) is 15.6. The molecule has 9 heteroatoms. The van der Waals surface area contributed by atoms with Crippen molar-refractivity contribution in [1.29, 1.82) is 0 Å². The smallest absolute Gasteiger partial charge is 0.320 e. The van der Waals surface area contributed by atoms with Gasteiger partial charge in [0, 0.05) is 13.6 Å². The molecule has 2 heterocycles. The number of carbonyl (C=O) groups excluding carboxylic acids is 1. The first-order valence-corrected chi connectivity index (χ1v) is 6.71. The maximum atomic E-state index is 12.5. The van der Waals surface area contributed by atoms with Gasteiger partial charge in [0.25, 0.3) is 0 Å². The third-order valence-electron chi connectivity index (χ3n) is 3.53. The molecule has 9 nitrogen and oxygen atoms in total. The number of hydrogen-bond acceptors (Lipinski definition) is 5. The largest absolute Gasteiger partial charge is 0.481 e. The van der Waals surface area contributed by atoms with E-state index in [0.29, 0.717) is 12.4 Å². The molecule has 1 saturated heterocycles. The van der Waals surface area contributed by atoms with Crippen LogP contribution >= 0.6 is 0 Å². The predicted octanol–water partition coefficient (Wildman–Crippen LogP) is -0.222. The highest BCUT2D eigenvalue weighted by Gasteiger charge is 2.40. The molecule has 0 aromatic carbocycles. The van der Waals surface area contributed by atoms with Crippen LogP contribution < -0.4 is 0 Å². The normalized spacial score (nSPS) is 21.2. The minimum absolute atomic E-state index is 0.135. The minimum Gasteiger partial charge on any atom is -0.481 e. The summed E-state index contributed by atoms with van der Waals surface area (Å²) in [5.74, 6) is -1.06. The van der Waals surface area contributed by atoms with Crippen molar-refractivity contribution >= 4 is 12.0 Å². The molecule has 1 aliphatic heterocycles. The van der Waals surface area contributed by atoms with Crippen molar-refractivity contribution in [2.24, 2.45) is 5.92 Å². The summed E-state index contributed by atoms with van der Waals surface area (Å²) in [6.45, 7) is 2.89. The van der Waals surface area contributed by atoms with Gasteiger partial charge in [-0.1, -0.05) is 0 Å². The highest BCUT2D eigenvalue weighted by atomic mass is 16.5. The topological polar surface area (TPSA) is 112 Å². The maximum Gasteiger partial charge on any atom is 0.320 e. The highest BCUT2D eigenvalue weighted by molar-refractivity contribution is 5.77. The number of nitrogens with zero attached hydrogens (tertiary/aromatic N) is 4. The fraction of sp³-hybridized carbons (Fsp3) is 0.667. The van der Waals surface area contributed by atoms with Gasteiger partial charge in [0.2, 0.25) is 0 Å². The van der Waals surface area contributed by atoms with Gasteiger partial charge in [0.15, 0.2) is 0 Å². The van der Waals surface area contributed by atoms with Gasteiger partial charge in [-0.05, 0) is 6.92 Å². The molecule has 0 saturated carbocycles. The van der Waals surface area contributed by atoms with E-state index in [-0.39, 0.29) is 25.8 Å². The number of rotatable bonds is 5. The molecule has 2 N–H and O–H groups in total. The number of H-pyrrole nitrogens is 1. The van der Waals surface area contributed by atoms with E-state index in [1.165, 1.54) is 16.1 Å². The van der Waals surface area contributed by atoms with Crippen LogP contribution in [0.1, 0.15) is 12.7 Å². The zero-order valence-electron chi connectivity index (χ0n) is 12.0. The molecule has 21 heavy (non-hydrogen) atoms. The number of aliphatic carboxylic acids is 1. The second-order valence-corrected chi connectivity index (χ2v) is 4.91. The molecular weight excluding hydrogens is 278 g/mol. The molecule has 116 valence electrons. The number of nitrogens with one attached hydrogen (secondary N) is 1. The summed E-state index contributed by atoms with van der Waals surface area (Å²) in [6.07, 6.45) is 1.37. The molecule has 1 fully saturated rings. The standard InChI is InChI=1S/C12H19N5O4/c1-3-17(9-6-21-5-8(9)11(18)19)12(20)16(2)4-10-13-7-14-15-10/h7-9H,3-6H2,1-2H3,(H,18,19)(H,13,14,15). The average Bonchev–Trinajstić information content (AvgIpc) is 3.10. The molecule has 2 unspecified atom stereocenters. The Labute approximate surface area is 121 Å². The molecule has 0 radical (unpaired) electrons. The molecule has 0 aliphatic carbocycles. The second-order valence-electron chi connectivity index (χ2n) is 4.91. The monoisotopic (exact) mass is 297 g/mol. The van der Waals surface area contributed by atoms with Crippen molar-refractivity contribution in [2.45, 2.75) is 19.5 Å². The SMILES string of the molecule is CCN(C(=O)N(C)Cc1ncn[nH]1)C1COCC1C(=O)O. The van der Waals surface area contributed by atoms with Crippen molar-refractivity contribution < 1.29 is 19.4 Å². The van der Waals surface area contributed by atoms with Crippen molar-refractivity contribution in [3.63, 3.8) is 0 Å². The van der Waals surface area contributed by atoms with Gasteiger partial charge >= 0.3 is 12.0 Å². The molecule has 1 aliphatic rings. The van der Waals surface area contributed by atoms with E-state index in [0.717, 1.165) is 0 Å². The lowest BCUT2D eigenvalue weighted by molar-refractivity contribution is -0.142. The Morgan fingerprint density at radius 2 is 2.29 bits per heavy atom. The van der Waals surface area contributed by atoms with Gasteiger partial charge in [-0.15, -0.1) is 0 Å². The minimum atomic E-state index is -0.943. The van der Waals surface area contributed by atoms with Gasteiger partial charge in [-0.2, -0.15) is 5.10 Å². The van der Waals surface area contributed by atoms with Crippen LogP contribution in [0.2, 0.25) is 0 Å². The second kappa shape index (κ2) is 6.53. The summed E-state index contributed by atoms with van der Waals surface area (Å²) < 4.78 is 5.23. The molecule has 0 bridgehead atoms. The van der Waals surface area contributed by atoms with E-state index in [1.807, 2.05) is 6.92 Å². The summed E-state index contributed by atoms with van der Waals surface area (Å²) in [5.41, 5.74) is 0. The Morgan fingerprint density at radius 1 is 1.52 bits per heavy atom. The number of urea groups is 1. The van der Waals surface area contributed by atoms with E-state index in [9.17, 15) is 14.7 Å². The quantitative estimate of drug-likeness (QED) is 0.777. The Balaban J connectivity index is 2.05. The first-order valence-electron chi connectivity index (χ1n) is 6.71. The van der Waals surface area contributed by atoms with E-state index in [2.05, 4.69) is 15.2 Å². The first kappa shape index (κ1) is 15.2. The Morgan fingerprint density at radius 3 is 2.86 bits per heavy atom. The zero-order valence-corrected chi connectivity index (χ0v) is 12.0. The third kappa shape index (κ3) is 3.30. The highest BCUT2D eigenvalue weighted by Crippen LogP contribution is 2.21. The van der Waals surface area contributed by atoms with Crippen molar-refractivity contribution in [2.75, 3.05) is 26.8 Å². The van der Waals surface area contributed by atoms with E-state index >= 15 is 0 Å². The van der Waals surface area contributed by atoms with Crippen molar-refractivity contribution in [3.8, 4) is 0 Å². The molecular formula is C12H19N5O4. The van der Waals surface area contributed by atoms with Crippen LogP contribution in [0.15, 0.2) is 6.33 Å². The lowest BCUT2D eigenvalue weighted by atomic mass is 10.0. The molecule has 1 aromatic rings. The van der Waals surface area contributed by atoms with Crippen LogP contribution in [0.4, 0.5) is 4.79 Å². The molecule has 2 atom stereocenters. The number of carboxylic acids is 1. The van der Waals surface area contributed by atoms with E-state index in [4.69, 9.17) is 4.74 Å². The number of likely N-dealkylation sites (N-methyl/N-ethyl adjacent to an activating group) is 1. The fourth-order valence-corrected chi connectivity index (χ4v) is 2.42. The summed E-state index contributed by atoms with van der Waals surface area (Å²) >= 11 is 0. The number of carbonyl (C=O) groups is 2. The van der Waals surface area contributed by atoms with Crippen LogP contribution in [0, 0.1) is 5.92 Å². The lowest BCUT2D eigenvalue weighted by Gasteiger charge is -2.32. The van der Waals surface area contributed by atoms with Crippen LogP contribution in [-0.4, -0.2) is 74.9 Å². The molecule has 1 aromatic heterocycles. The number of ether oxygens (including phenoxy) is 1. The lowest BCUT2D eigenvalue weighted by Crippen LogP contribution is -2.50. The number of aromatic amines is 1. The molecule has 2 rings (SSSR count). The maximum absolute atomic E-state index is 12.5. The van der Waals surface area contributed by atoms with Crippen molar-refractivity contribution in [1.82, 2.24) is 25.0 Å². The number of aromatic nitrogens is 3. The Kier molecular flexibility index (Phi) is 4.73. The van der Waals surface area contributed by atoms with Crippen LogP contribution in [-0.2, 0) is 16.1 Å². The molecule has 2 amide bonds. The predicted molar refractivity (Wildman–Crippen MR) is 71.4 cm³/mol. The molecule has 0 spiro atoms. The van der Waals surface area contributed by atoms with Gasteiger partial charge in [0.1, 0.15) is 18.1 Å². The average molecular weight is 297 g/mol. The zero-order chi connectivity index (χ0) is 15.4. The summed E-state index contributed by atoms with van der Waals surface area (Å²) in [7, 11) is 1.64. The summed E-state index contributed by atoms with van der Waals surface area (Å²) in [4.78, 5) is 30.7. The number of carboxylic acid groups (broad SMARTS) is 1. The first-order chi connectivity index (χ1) is 10.0. The fourth-order valence-electron chi connectivity index (χ4n) is 2.42. The third-order valence-corrected chi connectivity index (χ3v) is 3.53. The van der Waals surface area contributed by atoms with Crippen LogP contribution in [0.5, 0.6) is 0 Å². The van der Waals surface area contributed by atoms with Gasteiger partial charge in [-0.25, -0.2) is 9.78 Å². The number of hydrogen-bond donors (Lipinski definition) is 2. The van der Waals surface area contributed by atoms with Crippen LogP contribution in [0.25, 0.3) is 0 Å². The van der Waals surface area contributed by atoms with Gasteiger partial charge < -0.3 is 19.6 Å². The van der Waals surface area contributed by atoms with Gasteiger partial charge in [0.05, 0.1) is 25.8 Å². The van der Waals surface area contributed by atoms with E-state index < -0.39 is 17.9 Å². The van der Waals surface area contributed by atoms with Crippen LogP contribution in [0.3, 0.4) is 0 Å². The Hall–Kier alpha value is -2.16. The van der Waals surface area contributed by atoms with Crippen molar-refractivity contribution in [3.05, 3.63) is 12.2 Å². The number of amides is 2.